The Bertz CT molecular complexity index is 635. The molecular formula is C14H17BrN2S. The Balaban J connectivity index is 2.06. The molecule has 4 heteroatoms. The molecule has 1 aromatic carbocycles. The van der Waals surface area contributed by atoms with Crippen molar-refractivity contribution in [1.29, 1.82) is 0 Å². The van der Waals surface area contributed by atoms with Crippen molar-refractivity contribution in [1.82, 2.24) is 9.55 Å². The third-order valence-electron chi connectivity index (χ3n) is 4.09. The van der Waals surface area contributed by atoms with E-state index >= 15 is 0 Å². The lowest BCUT2D eigenvalue weighted by molar-refractivity contribution is 0.284. The van der Waals surface area contributed by atoms with Crippen LogP contribution in [-0.4, -0.2) is 9.55 Å². The summed E-state index contributed by atoms with van der Waals surface area (Å²) in [4.78, 5) is 3.31. The van der Waals surface area contributed by atoms with Crippen molar-refractivity contribution in [3.8, 4) is 0 Å². The minimum absolute atomic E-state index is 0.417. The predicted molar refractivity (Wildman–Crippen MR) is 81.4 cm³/mol. The molecule has 0 spiro atoms. The van der Waals surface area contributed by atoms with Gasteiger partial charge in [0.1, 0.15) is 0 Å². The first-order valence-electron chi connectivity index (χ1n) is 6.46. The van der Waals surface area contributed by atoms with Crippen LogP contribution in [0.15, 0.2) is 22.7 Å². The molecule has 1 fully saturated rings. The zero-order valence-electron chi connectivity index (χ0n) is 10.5. The number of hydrogen-bond donors (Lipinski definition) is 1. The molecule has 0 aliphatic heterocycles. The Labute approximate surface area is 121 Å². The molecule has 2 aromatic rings. The van der Waals surface area contributed by atoms with Crippen LogP contribution in [0.25, 0.3) is 11.0 Å². The zero-order chi connectivity index (χ0) is 12.8. The van der Waals surface area contributed by atoms with Gasteiger partial charge in [0.25, 0.3) is 0 Å². The van der Waals surface area contributed by atoms with Crippen molar-refractivity contribution in [2.24, 2.45) is 5.41 Å². The number of aromatic amines is 1. The van der Waals surface area contributed by atoms with Crippen LogP contribution in [0, 0.1) is 10.2 Å². The Kier molecular flexibility index (Phi) is 3.10. The average molecular weight is 325 g/mol. The summed E-state index contributed by atoms with van der Waals surface area (Å²) in [6, 6.07) is 6.32. The highest BCUT2D eigenvalue weighted by Gasteiger charge is 2.29. The Morgan fingerprint density at radius 1 is 1.39 bits per heavy atom. The normalized spacial score (nSPS) is 18.6. The lowest BCUT2D eigenvalue weighted by atomic mass is 9.89. The third-order valence-corrected chi connectivity index (χ3v) is 4.90. The summed E-state index contributed by atoms with van der Waals surface area (Å²) in [7, 11) is 0. The zero-order valence-corrected chi connectivity index (χ0v) is 12.9. The molecule has 0 saturated heterocycles. The first kappa shape index (κ1) is 12.4. The van der Waals surface area contributed by atoms with Crippen LogP contribution in [0.3, 0.4) is 0 Å². The highest BCUT2D eigenvalue weighted by atomic mass is 79.9. The van der Waals surface area contributed by atoms with Crippen molar-refractivity contribution in [3.05, 3.63) is 27.4 Å². The van der Waals surface area contributed by atoms with Crippen molar-refractivity contribution < 1.29 is 0 Å². The second kappa shape index (κ2) is 4.49. The summed E-state index contributed by atoms with van der Waals surface area (Å²) in [6.07, 6.45) is 5.35. The fourth-order valence-electron chi connectivity index (χ4n) is 3.06. The summed E-state index contributed by atoms with van der Waals surface area (Å²) >= 11 is 8.97. The van der Waals surface area contributed by atoms with Gasteiger partial charge in [-0.15, -0.1) is 0 Å². The number of halogens is 1. The van der Waals surface area contributed by atoms with E-state index in [4.69, 9.17) is 12.2 Å². The number of fused-ring (bicyclic) bond motifs is 1. The molecule has 0 radical (unpaired) electrons. The number of nitrogens with one attached hydrogen (secondary N) is 1. The van der Waals surface area contributed by atoms with E-state index in [-0.39, 0.29) is 0 Å². The molecule has 96 valence electrons. The lowest BCUT2D eigenvalue weighted by Crippen LogP contribution is -2.19. The minimum Gasteiger partial charge on any atom is -0.331 e. The van der Waals surface area contributed by atoms with E-state index in [0.717, 1.165) is 21.3 Å². The van der Waals surface area contributed by atoms with Gasteiger partial charge < -0.3 is 9.55 Å². The monoisotopic (exact) mass is 324 g/mol. The van der Waals surface area contributed by atoms with E-state index in [1.165, 1.54) is 31.2 Å². The molecular weight excluding hydrogens is 308 g/mol. The molecule has 0 atom stereocenters. The fourth-order valence-corrected chi connectivity index (χ4v) is 3.70. The smallest absolute Gasteiger partial charge is 0.178 e. The van der Waals surface area contributed by atoms with Crippen LogP contribution in [-0.2, 0) is 6.54 Å². The highest BCUT2D eigenvalue weighted by Crippen LogP contribution is 2.39. The van der Waals surface area contributed by atoms with E-state index in [0.29, 0.717) is 5.41 Å². The Morgan fingerprint density at radius 3 is 2.83 bits per heavy atom. The maximum Gasteiger partial charge on any atom is 0.178 e. The summed E-state index contributed by atoms with van der Waals surface area (Å²) in [5.41, 5.74) is 2.76. The molecule has 1 saturated carbocycles. The van der Waals surface area contributed by atoms with E-state index in [1.807, 2.05) is 0 Å². The van der Waals surface area contributed by atoms with E-state index < -0.39 is 0 Å². The molecule has 0 unspecified atom stereocenters. The number of benzene rings is 1. The van der Waals surface area contributed by atoms with Crippen molar-refractivity contribution in [2.45, 2.75) is 39.2 Å². The molecule has 1 aromatic heterocycles. The van der Waals surface area contributed by atoms with Crippen molar-refractivity contribution in [2.75, 3.05) is 0 Å². The Morgan fingerprint density at radius 2 is 2.11 bits per heavy atom. The van der Waals surface area contributed by atoms with Gasteiger partial charge in [0, 0.05) is 11.0 Å². The summed E-state index contributed by atoms with van der Waals surface area (Å²) in [5, 5.41) is 0. The van der Waals surface area contributed by atoms with Gasteiger partial charge in [-0.05, 0) is 48.7 Å². The first-order valence-corrected chi connectivity index (χ1v) is 7.66. The number of imidazole rings is 1. The molecule has 0 bridgehead atoms. The van der Waals surface area contributed by atoms with Gasteiger partial charge in [0.05, 0.1) is 11.0 Å². The molecule has 2 nitrogen and oxygen atoms in total. The van der Waals surface area contributed by atoms with E-state index in [9.17, 15) is 0 Å². The second-order valence-corrected chi connectivity index (χ2v) is 7.00. The highest BCUT2D eigenvalue weighted by molar-refractivity contribution is 9.10. The van der Waals surface area contributed by atoms with Crippen LogP contribution in [0.2, 0.25) is 0 Å². The van der Waals surface area contributed by atoms with Crippen LogP contribution >= 0.6 is 28.1 Å². The summed E-state index contributed by atoms with van der Waals surface area (Å²) in [6.45, 7) is 3.42. The number of aromatic nitrogens is 2. The molecule has 1 aliphatic rings. The quantitative estimate of drug-likeness (QED) is 0.767. The van der Waals surface area contributed by atoms with Crippen LogP contribution in [0.1, 0.15) is 32.6 Å². The number of nitrogens with zero attached hydrogens (tertiary/aromatic N) is 1. The van der Waals surface area contributed by atoms with Gasteiger partial charge in [-0.2, -0.15) is 0 Å². The average Bonchev–Trinajstić information content (AvgIpc) is 2.85. The van der Waals surface area contributed by atoms with E-state index in [2.05, 4.69) is 50.6 Å². The minimum atomic E-state index is 0.417. The van der Waals surface area contributed by atoms with Gasteiger partial charge in [-0.25, -0.2) is 0 Å². The van der Waals surface area contributed by atoms with Gasteiger partial charge in [0.2, 0.25) is 0 Å². The number of H-pyrrole nitrogens is 1. The molecule has 1 aliphatic carbocycles. The summed E-state index contributed by atoms with van der Waals surface area (Å²) in [5.74, 6) is 0. The second-order valence-electron chi connectivity index (χ2n) is 5.70. The molecule has 0 amide bonds. The first-order chi connectivity index (χ1) is 8.57. The van der Waals surface area contributed by atoms with Crippen molar-refractivity contribution >= 4 is 39.2 Å². The van der Waals surface area contributed by atoms with Crippen LogP contribution in [0.5, 0.6) is 0 Å². The maximum atomic E-state index is 5.47. The van der Waals surface area contributed by atoms with E-state index in [1.54, 1.807) is 0 Å². The fraction of sp³-hybridized carbons (Fsp3) is 0.500. The van der Waals surface area contributed by atoms with Gasteiger partial charge in [0.15, 0.2) is 4.77 Å². The predicted octanol–water partition coefficient (Wildman–Crippen LogP) is 5.04. The molecule has 18 heavy (non-hydrogen) atoms. The third kappa shape index (κ3) is 2.16. The van der Waals surface area contributed by atoms with Gasteiger partial charge >= 0.3 is 0 Å². The molecule has 1 N–H and O–H groups in total. The maximum absolute atomic E-state index is 5.47. The lowest BCUT2D eigenvalue weighted by Gasteiger charge is -2.24. The number of rotatable bonds is 2. The summed E-state index contributed by atoms with van der Waals surface area (Å²) < 4.78 is 4.20. The number of hydrogen-bond acceptors (Lipinski definition) is 1. The largest absolute Gasteiger partial charge is 0.331 e. The Hall–Kier alpha value is -0.610. The topological polar surface area (TPSA) is 20.7 Å². The molecule has 1 heterocycles. The molecule has 3 rings (SSSR count). The van der Waals surface area contributed by atoms with Crippen molar-refractivity contribution in [3.63, 3.8) is 0 Å². The van der Waals surface area contributed by atoms with Crippen LogP contribution < -0.4 is 0 Å². The SMILES string of the molecule is CC1(Cn2c(=S)[nH]c3cc(Br)ccc32)CCCC1. The van der Waals surface area contributed by atoms with Gasteiger partial charge in [-0.1, -0.05) is 35.7 Å². The van der Waals surface area contributed by atoms with Crippen LogP contribution in [0.4, 0.5) is 0 Å². The van der Waals surface area contributed by atoms with Gasteiger partial charge in [-0.3, -0.25) is 0 Å². The standard InChI is InChI=1S/C14H17BrN2S/c1-14(6-2-3-7-14)9-17-12-5-4-10(15)8-11(12)16-13(17)18/h4-5,8H,2-3,6-7,9H2,1H3,(H,16,18).